The fourth-order valence-corrected chi connectivity index (χ4v) is 6.89. The molecule has 2 fully saturated rings. The van der Waals surface area contributed by atoms with Gasteiger partial charge in [-0.15, -0.1) is 0 Å². The topological polar surface area (TPSA) is 130 Å². The van der Waals surface area contributed by atoms with Crippen LogP contribution in [0.2, 0.25) is 5.02 Å². The molecule has 2 N–H and O–H groups in total. The van der Waals surface area contributed by atoms with Crippen LogP contribution < -0.4 is 10.7 Å². The summed E-state index contributed by atoms with van der Waals surface area (Å²) in [5.74, 6) is -4.99. The highest BCUT2D eigenvalue weighted by molar-refractivity contribution is 6.32. The quantitative estimate of drug-likeness (QED) is 0.263. The number of carbonyl (C=O) groups is 3. The fraction of sp³-hybridized carbons (Fsp3) is 0.206. The smallest absolute Gasteiger partial charge is 0.325 e. The second-order valence-electron chi connectivity index (χ2n) is 11.5. The minimum absolute atomic E-state index is 0.0508. The van der Waals surface area contributed by atoms with Crippen molar-refractivity contribution in [2.45, 2.75) is 31.5 Å². The van der Waals surface area contributed by atoms with Gasteiger partial charge in [0.15, 0.2) is 5.43 Å². The average Bonchev–Trinajstić information content (AvgIpc) is 3.48. The van der Waals surface area contributed by atoms with Crippen LogP contribution in [0.25, 0.3) is 21.7 Å². The molecule has 9 nitrogen and oxygen atoms in total. The van der Waals surface area contributed by atoms with E-state index in [9.17, 15) is 24.3 Å². The first-order valence-electron chi connectivity index (χ1n) is 14.1. The van der Waals surface area contributed by atoms with Gasteiger partial charge in [0.25, 0.3) is 0 Å². The van der Waals surface area contributed by atoms with Crippen molar-refractivity contribution in [2.24, 2.45) is 11.8 Å². The Kier molecular flexibility index (Phi) is 6.60. The lowest BCUT2D eigenvalue weighted by molar-refractivity contribution is -0.151. The van der Waals surface area contributed by atoms with Gasteiger partial charge < -0.3 is 9.52 Å². The van der Waals surface area contributed by atoms with Crippen LogP contribution in [0.4, 0.5) is 0 Å². The van der Waals surface area contributed by atoms with Gasteiger partial charge in [-0.3, -0.25) is 34.4 Å². The molecular formula is C34H26ClN3O6. The van der Waals surface area contributed by atoms with Crippen molar-refractivity contribution in [2.75, 3.05) is 0 Å². The normalized spacial score (nSPS) is 23.0. The molecule has 44 heavy (non-hydrogen) atoms. The number of carbonyl (C=O) groups excluding carboxylic acids is 2. The van der Waals surface area contributed by atoms with E-state index in [1.807, 2.05) is 42.5 Å². The molecular weight excluding hydrogens is 582 g/mol. The molecule has 5 aromatic rings. The summed E-state index contributed by atoms with van der Waals surface area (Å²) in [5.41, 5.74) is -0.152. The Morgan fingerprint density at radius 1 is 1.02 bits per heavy atom. The van der Waals surface area contributed by atoms with Crippen molar-refractivity contribution in [3.63, 3.8) is 0 Å². The first-order chi connectivity index (χ1) is 21.2. The van der Waals surface area contributed by atoms with E-state index in [0.717, 1.165) is 21.2 Å². The largest absolute Gasteiger partial charge is 0.480 e. The van der Waals surface area contributed by atoms with Crippen LogP contribution in [0.1, 0.15) is 28.4 Å². The predicted molar refractivity (Wildman–Crippen MR) is 163 cm³/mol. The van der Waals surface area contributed by atoms with Crippen LogP contribution >= 0.6 is 11.6 Å². The second kappa shape index (κ2) is 10.4. The Morgan fingerprint density at radius 2 is 1.80 bits per heavy atom. The van der Waals surface area contributed by atoms with E-state index in [2.05, 4.69) is 10.3 Å². The number of hydrogen-bond donors (Lipinski definition) is 2. The van der Waals surface area contributed by atoms with Crippen molar-refractivity contribution in [3.8, 4) is 0 Å². The van der Waals surface area contributed by atoms with Crippen LogP contribution in [-0.2, 0) is 27.3 Å². The fourth-order valence-electron chi connectivity index (χ4n) is 6.73. The van der Waals surface area contributed by atoms with Crippen molar-refractivity contribution in [3.05, 3.63) is 123 Å². The summed E-state index contributed by atoms with van der Waals surface area (Å²) in [6.45, 7) is 1.66. The van der Waals surface area contributed by atoms with Crippen LogP contribution in [0.3, 0.4) is 0 Å². The van der Waals surface area contributed by atoms with Crippen molar-refractivity contribution < 1.29 is 23.9 Å². The summed E-state index contributed by atoms with van der Waals surface area (Å²) in [6, 6.07) is 20.4. The van der Waals surface area contributed by atoms with Crippen molar-refractivity contribution in [1.29, 1.82) is 0 Å². The number of rotatable bonds is 6. The van der Waals surface area contributed by atoms with Crippen LogP contribution in [0.5, 0.6) is 0 Å². The molecule has 0 bridgehead atoms. The number of aromatic nitrogens is 1. The number of aryl methyl sites for hydroxylation is 1. The molecule has 3 aromatic carbocycles. The third kappa shape index (κ3) is 4.31. The van der Waals surface area contributed by atoms with Gasteiger partial charge in [-0.1, -0.05) is 60.1 Å². The van der Waals surface area contributed by atoms with Gasteiger partial charge in [0.2, 0.25) is 11.8 Å². The maximum Gasteiger partial charge on any atom is 0.325 e. The average molecular weight is 608 g/mol. The lowest BCUT2D eigenvalue weighted by Gasteiger charge is -2.31. The van der Waals surface area contributed by atoms with Gasteiger partial charge >= 0.3 is 5.97 Å². The highest BCUT2D eigenvalue weighted by Crippen LogP contribution is 2.50. The molecule has 220 valence electrons. The number of halogens is 1. The summed E-state index contributed by atoms with van der Waals surface area (Å²) < 4.78 is 5.83. The summed E-state index contributed by atoms with van der Waals surface area (Å²) in [6.07, 6.45) is 2.70. The molecule has 2 aromatic heterocycles. The summed E-state index contributed by atoms with van der Waals surface area (Å²) in [7, 11) is 0. The van der Waals surface area contributed by atoms with Gasteiger partial charge in [-0.05, 0) is 53.1 Å². The van der Waals surface area contributed by atoms with E-state index in [1.165, 1.54) is 12.3 Å². The van der Waals surface area contributed by atoms with Gasteiger partial charge in [-0.25, -0.2) is 0 Å². The Morgan fingerprint density at radius 3 is 2.55 bits per heavy atom. The standard InChI is InChI=1S/C34H26ClN3O6/c1-18-12-26-23(14-25(18)35)30(39)24(17-44-26)29-27-28(32(41)38(31(27)40)16-22-8-4-5-11-36-22)34(37-29,33(42)43)15-19-9-10-20-6-2-3-7-21(20)13-19/h2-14,17,27-29,37H,15-16H2,1H3,(H,42,43). The highest BCUT2D eigenvalue weighted by Gasteiger charge is 2.68. The number of imide groups is 1. The molecule has 0 spiro atoms. The zero-order chi connectivity index (χ0) is 30.7. The first-order valence-corrected chi connectivity index (χ1v) is 14.5. The molecule has 4 heterocycles. The highest BCUT2D eigenvalue weighted by atomic mass is 35.5. The number of nitrogens with one attached hydrogen (secondary N) is 1. The van der Waals surface area contributed by atoms with Gasteiger partial charge in [0.05, 0.1) is 47.3 Å². The first kappa shape index (κ1) is 27.9. The minimum Gasteiger partial charge on any atom is -0.480 e. The SMILES string of the molecule is Cc1cc2occ(C3NC(Cc4ccc5ccccc5c4)(C(=O)O)C4C(=O)N(Cc5ccccn5)C(=O)C34)c(=O)c2cc1Cl. The van der Waals surface area contributed by atoms with Crippen LogP contribution in [-0.4, -0.2) is 38.3 Å². The van der Waals surface area contributed by atoms with E-state index in [0.29, 0.717) is 21.9 Å². The van der Waals surface area contributed by atoms with Crippen LogP contribution in [0.15, 0.2) is 94.5 Å². The predicted octanol–water partition coefficient (Wildman–Crippen LogP) is 4.81. The maximum absolute atomic E-state index is 14.1. The Labute approximate surface area is 256 Å². The Balaban J connectivity index is 1.38. The van der Waals surface area contributed by atoms with E-state index >= 15 is 0 Å². The number of carboxylic acid groups (broad SMARTS) is 1. The van der Waals surface area contributed by atoms with Gasteiger partial charge in [-0.2, -0.15) is 0 Å². The summed E-state index contributed by atoms with van der Waals surface area (Å²) in [5, 5.41) is 16.4. The molecule has 10 heteroatoms. The van der Waals surface area contributed by atoms with E-state index < -0.39 is 46.6 Å². The number of nitrogens with zero attached hydrogens (tertiary/aromatic N) is 2. The van der Waals surface area contributed by atoms with E-state index in [1.54, 1.807) is 37.4 Å². The number of carboxylic acids is 1. The lowest BCUT2D eigenvalue weighted by Crippen LogP contribution is -2.57. The molecule has 0 saturated carbocycles. The monoisotopic (exact) mass is 607 g/mol. The molecule has 7 rings (SSSR count). The molecule has 2 aliphatic heterocycles. The number of hydrogen-bond acceptors (Lipinski definition) is 7. The molecule has 4 atom stereocenters. The number of pyridine rings is 1. The third-order valence-corrected chi connectivity index (χ3v) is 9.29. The Hall–Kier alpha value is -4.86. The molecule has 0 aliphatic carbocycles. The van der Waals surface area contributed by atoms with Crippen molar-refractivity contribution in [1.82, 2.24) is 15.2 Å². The number of benzene rings is 3. The summed E-state index contributed by atoms with van der Waals surface area (Å²) in [4.78, 5) is 60.8. The molecule has 2 aliphatic rings. The number of fused-ring (bicyclic) bond motifs is 3. The third-order valence-electron chi connectivity index (χ3n) is 8.89. The maximum atomic E-state index is 14.1. The lowest BCUT2D eigenvalue weighted by atomic mass is 9.76. The van der Waals surface area contributed by atoms with Crippen LogP contribution in [0, 0.1) is 18.8 Å². The van der Waals surface area contributed by atoms with E-state index in [4.69, 9.17) is 16.0 Å². The molecule has 4 unspecified atom stereocenters. The molecule has 2 saturated heterocycles. The minimum atomic E-state index is -1.91. The van der Waals surface area contributed by atoms with Crippen molar-refractivity contribution >= 4 is 51.1 Å². The molecule has 0 radical (unpaired) electrons. The van der Waals surface area contributed by atoms with Gasteiger partial charge in [0, 0.05) is 17.6 Å². The molecule has 2 amide bonds. The van der Waals surface area contributed by atoms with E-state index in [-0.39, 0.29) is 23.9 Å². The Bertz CT molecular complexity index is 2060. The second-order valence-corrected chi connectivity index (χ2v) is 11.9. The number of aliphatic carboxylic acids is 1. The summed E-state index contributed by atoms with van der Waals surface area (Å²) >= 11 is 6.33. The zero-order valence-electron chi connectivity index (χ0n) is 23.5. The van der Waals surface area contributed by atoms with Gasteiger partial charge in [0.1, 0.15) is 11.1 Å². The number of amides is 2. The number of likely N-dealkylation sites (tertiary alicyclic amines) is 1. The zero-order valence-corrected chi connectivity index (χ0v) is 24.2.